The molecule has 0 radical (unpaired) electrons. The summed E-state index contributed by atoms with van der Waals surface area (Å²) < 4.78 is 56.7. The molecule has 1 saturated carbocycles. The van der Waals surface area contributed by atoms with Gasteiger partial charge >= 0.3 is 23.5 Å². The van der Waals surface area contributed by atoms with Crippen LogP contribution in [0.4, 0.5) is 4.39 Å². The molecule has 15 heteroatoms. The summed E-state index contributed by atoms with van der Waals surface area (Å²) in [5, 5.41) is 8.95. The SMILES string of the molecule is O=P(O)(O)OP(=O)(O)OP(=O)(O)OC[C@@H]1/C(=C/F)C[C@H]1CO. The van der Waals surface area contributed by atoms with Crippen molar-refractivity contribution in [1.29, 1.82) is 0 Å². The van der Waals surface area contributed by atoms with Crippen LogP contribution in [-0.4, -0.2) is 37.9 Å². The van der Waals surface area contributed by atoms with Crippen molar-refractivity contribution < 1.29 is 55.9 Å². The second kappa shape index (κ2) is 7.29. The van der Waals surface area contributed by atoms with Crippen LogP contribution in [0.2, 0.25) is 0 Å². The van der Waals surface area contributed by atoms with Crippen molar-refractivity contribution in [3.8, 4) is 0 Å². The number of halogens is 1. The third-order valence-electron chi connectivity index (χ3n) is 2.75. The fraction of sp³-hybridized carbons (Fsp3) is 0.714. The molecule has 0 aromatic rings. The second-order valence-corrected chi connectivity index (χ2v) is 8.74. The van der Waals surface area contributed by atoms with Gasteiger partial charge in [-0.1, -0.05) is 0 Å². The van der Waals surface area contributed by atoms with E-state index in [4.69, 9.17) is 19.8 Å². The van der Waals surface area contributed by atoms with E-state index in [2.05, 4.69) is 13.1 Å². The van der Waals surface area contributed by atoms with Gasteiger partial charge in [-0.15, -0.1) is 0 Å². The molecular formula is C7H14FO11P3. The monoisotopic (exact) mass is 386 g/mol. The van der Waals surface area contributed by atoms with Crippen molar-refractivity contribution in [3.05, 3.63) is 11.9 Å². The van der Waals surface area contributed by atoms with Crippen LogP contribution in [0, 0.1) is 11.8 Å². The summed E-state index contributed by atoms with van der Waals surface area (Å²) in [4.78, 5) is 34.8. The van der Waals surface area contributed by atoms with E-state index in [9.17, 15) is 23.0 Å². The Morgan fingerprint density at radius 1 is 1.14 bits per heavy atom. The average Bonchev–Trinajstić information content (AvgIpc) is 2.23. The van der Waals surface area contributed by atoms with Crippen molar-refractivity contribution in [1.82, 2.24) is 0 Å². The summed E-state index contributed by atoms with van der Waals surface area (Å²) in [7, 11) is -16.2. The van der Waals surface area contributed by atoms with Crippen molar-refractivity contribution in [2.45, 2.75) is 6.42 Å². The van der Waals surface area contributed by atoms with Crippen molar-refractivity contribution in [2.75, 3.05) is 13.2 Å². The van der Waals surface area contributed by atoms with Crippen molar-refractivity contribution >= 4 is 23.5 Å². The molecule has 11 nitrogen and oxygen atoms in total. The number of hydrogen-bond acceptors (Lipinski definition) is 7. The largest absolute Gasteiger partial charge is 0.490 e. The predicted octanol–water partition coefficient (Wildman–Crippen LogP) is 0.812. The van der Waals surface area contributed by atoms with Crippen LogP contribution in [0.3, 0.4) is 0 Å². The average molecular weight is 386 g/mol. The lowest BCUT2D eigenvalue weighted by Gasteiger charge is -2.37. The molecule has 0 amide bonds. The van der Waals surface area contributed by atoms with Crippen molar-refractivity contribution in [3.63, 3.8) is 0 Å². The topological polar surface area (TPSA) is 180 Å². The van der Waals surface area contributed by atoms with Gasteiger partial charge in [0.25, 0.3) is 0 Å². The molecular weight excluding hydrogens is 372 g/mol. The maximum atomic E-state index is 12.4. The third kappa shape index (κ3) is 6.27. The Morgan fingerprint density at radius 2 is 1.73 bits per heavy atom. The van der Waals surface area contributed by atoms with Gasteiger partial charge in [-0.25, -0.2) is 18.1 Å². The lowest BCUT2D eigenvalue weighted by Crippen LogP contribution is -2.35. The zero-order valence-electron chi connectivity index (χ0n) is 10.8. The molecule has 0 aromatic heterocycles. The molecule has 1 aliphatic rings. The van der Waals surface area contributed by atoms with E-state index in [1.807, 2.05) is 0 Å². The van der Waals surface area contributed by atoms with E-state index in [-0.39, 0.29) is 24.9 Å². The van der Waals surface area contributed by atoms with Gasteiger partial charge in [-0.05, 0) is 17.9 Å². The predicted molar refractivity (Wildman–Crippen MR) is 67.7 cm³/mol. The van der Waals surface area contributed by atoms with Crippen LogP contribution >= 0.6 is 23.5 Å². The molecule has 0 saturated heterocycles. The highest BCUT2D eigenvalue weighted by Crippen LogP contribution is 2.66. The molecule has 5 N–H and O–H groups in total. The Morgan fingerprint density at radius 3 is 2.18 bits per heavy atom. The quantitative estimate of drug-likeness (QED) is 0.373. The highest BCUT2D eigenvalue weighted by molar-refractivity contribution is 7.66. The number of hydrogen-bond donors (Lipinski definition) is 5. The number of rotatable bonds is 8. The van der Waals surface area contributed by atoms with Crippen LogP contribution in [-0.2, 0) is 26.8 Å². The summed E-state index contributed by atoms with van der Waals surface area (Å²) in [5.74, 6) is -1.16. The molecule has 1 aliphatic carbocycles. The summed E-state index contributed by atoms with van der Waals surface area (Å²) in [6.45, 7) is -0.952. The van der Waals surface area contributed by atoms with Crippen LogP contribution in [0.25, 0.3) is 0 Å². The molecule has 2 unspecified atom stereocenters. The standard InChI is InChI=1S/C7H14FO11P3/c8-2-5-1-6(3-9)7(5)4-17-21(13,14)19-22(15,16)18-20(10,11)12/h2,6-7,9H,1,3-4H2,(H,13,14)(H,15,16)(H2,10,11,12)/b5-2+/t6-,7+/m0/s1. The van der Waals surface area contributed by atoms with Gasteiger partial charge in [0.1, 0.15) is 0 Å². The Kier molecular flexibility index (Phi) is 6.66. The third-order valence-corrected chi connectivity index (χ3v) is 6.55. The first kappa shape index (κ1) is 20.1. The lowest BCUT2D eigenvalue weighted by molar-refractivity contribution is 0.0845. The van der Waals surface area contributed by atoms with Crippen LogP contribution < -0.4 is 0 Å². The van der Waals surface area contributed by atoms with E-state index in [1.165, 1.54) is 0 Å². The van der Waals surface area contributed by atoms with Crippen LogP contribution in [0.5, 0.6) is 0 Å². The fourth-order valence-electron chi connectivity index (χ4n) is 1.78. The molecule has 130 valence electrons. The second-order valence-electron chi connectivity index (χ2n) is 4.32. The fourth-order valence-corrected chi connectivity index (χ4v) is 4.82. The minimum atomic E-state index is -5.57. The van der Waals surface area contributed by atoms with Gasteiger partial charge in [0.2, 0.25) is 0 Å². The van der Waals surface area contributed by atoms with Crippen LogP contribution in [0.1, 0.15) is 6.42 Å². The maximum absolute atomic E-state index is 12.4. The van der Waals surface area contributed by atoms with Crippen molar-refractivity contribution in [2.24, 2.45) is 11.8 Å². The molecule has 0 bridgehead atoms. The highest BCUT2D eigenvalue weighted by Gasteiger charge is 2.43. The lowest BCUT2D eigenvalue weighted by atomic mass is 9.71. The van der Waals surface area contributed by atoms with E-state index in [0.29, 0.717) is 0 Å². The number of phosphoric acid groups is 3. The Labute approximate surface area is 123 Å². The van der Waals surface area contributed by atoms with Gasteiger partial charge < -0.3 is 24.7 Å². The summed E-state index contributed by atoms with van der Waals surface area (Å²) in [6, 6.07) is 0. The van der Waals surface area contributed by atoms with E-state index in [1.54, 1.807) is 0 Å². The normalized spacial score (nSPS) is 29.6. The number of phosphoric ester groups is 1. The van der Waals surface area contributed by atoms with Gasteiger partial charge in [0.15, 0.2) is 0 Å². The van der Waals surface area contributed by atoms with Gasteiger partial charge in [-0.2, -0.15) is 8.62 Å². The molecule has 0 spiro atoms. The maximum Gasteiger partial charge on any atom is 0.490 e. The van der Waals surface area contributed by atoms with Crippen LogP contribution in [0.15, 0.2) is 11.9 Å². The smallest absolute Gasteiger partial charge is 0.396 e. The van der Waals surface area contributed by atoms with E-state index < -0.39 is 41.9 Å². The van der Waals surface area contributed by atoms with Gasteiger partial charge in [-0.3, -0.25) is 4.52 Å². The highest BCUT2D eigenvalue weighted by atomic mass is 31.3. The minimum Gasteiger partial charge on any atom is -0.396 e. The van der Waals surface area contributed by atoms with Gasteiger partial charge in [0, 0.05) is 12.5 Å². The molecule has 4 atom stereocenters. The molecule has 1 rings (SSSR count). The number of aliphatic hydroxyl groups excluding tert-OH is 1. The zero-order chi connectivity index (χ0) is 17.2. The Bertz CT molecular complexity index is 570. The zero-order valence-corrected chi connectivity index (χ0v) is 13.4. The molecule has 0 aromatic carbocycles. The number of aliphatic hydroxyl groups is 1. The van der Waals surface area contributed by atoms with Gasteiger partial charge in [0.05, 0.1) is 12.9 Å². The summed E-state index contributed by atoms with van der Waals surface area (Å²) in [6.07, 6.45) is 0.467. The molecule has 22 heavy (non-hydrogen) atoms. The summed E-state index contributed by atoms with van der Waals surface area (Å²) >= 11 is 0. The van der Waals surface area contributed by atoms with E-state index in [0.717, 1.165) is 0 Å². The first-order valence-corrected chi connectivity index (χ1v) is 10.1. The first-order valence-electron chi connectivity index (χ1n) is 5.57. The summed E-state index contributed by atoms with van der Waals surface area (Å²) in [5.41, 5.74) is 0.206. The minimum absolute atomic E-state index is 0.206. The Balaban J connectivity index is 2.62. The molecule has 1 fully saturated rings. The van der Waals surface area contributed by atoms with E-state index >= 15 is 0 Å². The molecule has 0 aliphatic heterocycles. The molecule has 0 heterocycles. The first-order chi connectivity index (χ1) is 9.89. The Hall–Kier alpha value is 0.0400.